The molecule has 0 aliphatic carbocycles. The first-order valence-corrected chi connectivity index (χ1v) is 13.7. The topological polar surface area (TPSA) is 13.1 Å². The Morgan fingerprint density at radius 2 is 0.953 bits per heavy atom. The molecular formula is C42H26O. The van der Waals surface area contributed by atoms with Crippen LogP contribution in [0.2, 0.25) is 0 Å². The van der Waals surface area contributed by atoms with Crippen molar-refractivity contribution < 1.29 is 22.2 Å². The molecule has 0 amide bonds. The summed E-state index contributed by atoms with van der Waals surface area (Å²) >= 11 is 0. The van der Waals surface area contributed by atoms with Gasteiger partial charge in [-0.2, -0.15) is 0 Å². The maximum Gasteiger partial charge on any atom is 0.143 e. The third-order valence-electron chi connectivity index (χ3n) is 7.98. The average Bonchev–Trinajstić information content (AvgIpc) is 3.60. The van der Waals surface area contributed by atoms with Crippen LogP contribution in [0.15, 0.2) is 162 Å². The monoisotopic (exact) mass is 559 g/mol. The van der Waals surface area contributed by atoms with E-state index in [9.17, 15) is 5.48 Å². The minimum absolute atomic E-state index is 0.0158. The van der Waals surface area contributed by atoms with E-state index in [0.717, 1.165) is 27.3 Å². The number of benzene rings is 8. The van der Waals surface area contributed by atoms with Gasteiger partial charge in [0.15, 0.2) is 0 Å². The van der Waals surface area contributed by atoms with E-state index in [1.807, 2.05) is 60.7 Å². The van der Waals surface area contributed by atoms with Crippen molar-refractivity contribution in [3.63, 3.8) is 0 Å². The van der Waals surface area contributed by atoms with Gasteiger partial charge in [-0.15, -0.1) is 0 Å². The molecule has 1 aromatic heterocycles. The molecule has 1 nitrogen and oxygen atoms in total. The van der Waals surface area contributed by atoms with E-state index in [1.165, 1.54) is 0 Å². The van der Waals surface area contributed by atoms with Crippen LogP contribution in [0.4, 0.5) is 0 Å². The zero-order valence-corrected chi connectivity index (χ0v) is 22.4. The first-order valence-electron chi connectivity index (χ1n) is 20.2. The van der Waals surface area contributed by atoms with Gasteiger partial charge in [-0.3, -0.25) is 0 Å². The van der Waals surface area contributed by atoms with Crippen molar-refractivity contribution in [2.24, 2.45) is 0 Å². The fraction of sp³-hybridized carbons (Fsp3) is 0. The minimum Gasteiger partial charge on any atom is -0.455 e. The number of hydrogen-bond donors (Lipinski definition) is 0. The number of fused-ring (bicyclic) bond motifs is 6. The maximum absolute atomic E-state index is 9.31. The van der Waals surface area contributed by atoms with Crippen LogP contribution >= 0.6 is 0 Å². The van der Waals surface area contributed by atoms with E-state index in [0.29, 0.717) is 11.0 Å². The Hall–Kier alpha value is -5.66. The Kier molecular flexibility index (Phi) is 3.18. The predicted molar refractivity (Wildman–Crippen MR) is 183 cm³/mol. The molecular weight excluding hydrogens is 520 g/mol. The van der Waals surface area contributed by atoms with Crippen molar-refractivity contribution in [3.05, 3.63) is 157 Å². The van der Waals surface area contributed by atoms with Crippen LogP contribution in [0.5, 0.6) is 0 Å². The number of rotatable bonds is 3. The SMILES string of the molecule is [2H]c1c([2H])c([2H])c(-c2c3c([2H])c([2H])c([2H])c([2H])c3c(-c3cccc4c3oc3c(-c5ccc6ccccc6c5)cccc34)c3c([2H])c([2H])c([2H])c([2H])c23)c([2H])c1[2H]. The maximum atomic E-state index is 9.31. The van der Waals surface area contributed by atoms with Crippen LogP contribution in [-0.4, -0.2) is 0 Å². The highest BCUT2D eigenvalue weighted by molar-refractivity contribution is 6.24. The number of para-hydroxylation sites is 2. The summed E-state index contributed by atoms with van der Waals surface area (Å²) in [6.45, 7) is 0. The summed E-state index contributed by atoms with van der Waals surface area (Å²) in [5, 5.41) is 2.59. The molecule has 0 saturated heterocycles. The van der Waals surface area contributed by atoms with Gasteiger partial charge in [-0.05, 0) is 55.1 Å². The van der Waals surface area contributed by atoms with Crippen molar-refractivity contribution in [2.45, 2.75) is 0 Å². The first kappa shape index (κ1) is 14.5. The van der Waals surface area contributed by atoms with Gasteiger partial charge in [0.05, 0.1) is 17.8 Å². The summed E-state index contributed by atoms with van der Waals surface area (Å²) in [5.74, 6) is 0. The lowest BCUT2D eigenvalue weighted by atomic mass is 9.85. The second-order valence-electron chi connectivity index (χ2n) is 10.3. The third kappa shape index (κ3) is 3.65. The summed E-state index contributed by atoms with van der Waals surface area (Å²) in [4.78, 5) is 0. The Morgan fingerprint density at radius 1 is 0.395 bits per heavy atom. The summed E-state index contributed by atoms with van der Waals surface area (Å²) in [7, 11) is 0. The van der Waals surface area contributed by atoms with E-state index in [-0.39, 0.29) is 43.8 Å². The van der Waals surface area contributed by atoms with Gasteiger partial charge in [0, 0.05) is 27.5 Å². The molecule has 0 aliphatic heterocycles. The van der Waals surface area contributed by atoms with E-state index in [2.05, 4.69) is 6.07 Å². The Labute approximate surface area is 267 Å². The fourth-order valence-electron chi connectivity index (χ4n) is 6.12. The molecule has 43 heavy (non-hydrogen) atoms. The molecule has 0 spiro atoms. The molecule has 1 heterocycles. The molecule has 0 N–H and O–H groups in total. The largest absolute Gasteiger partial charge is 0.455 e. The van der Waals surface area contributed by atoms with Crippen LogP contribution in [0.25, 0.3) is 87.6 Å². The van der Waals surface area contributed by atoms with Crippen LogP contribution < -0.4 is 0 Å². The lowest BCUT2D eigenvalue weighted by molar-refractivity contribution is 0.671. The van der Waals surface area contributed by atoms with Crippen LogP contribution in [0, 0.1) is 0 Å². The molecule has 9 aromatic rings. The zero-order chi connectivity index (χ0) is 39.6. The Balaban J connectivity index is 1.52. The van der Waals surface area contributed by atoms with Gasteiger partial charge in [0.1, 0.15) is 11.2 Å². The van der Waals surface area contributed by atoms with Crippen LogP contribution in [0.3, 0.4) is 0 Å². The summed E-state index contributed by atoms with van der Waals surface area (Å²) in [6.07, 6.45) is 0. The molecule has 9 rings (SSSR count). The molecule has 0 saturated carbocycles. The van der Waals surface area contributed by atoms with Crippen molar-refractivity contribution in [2.75, 3.05) is 0 Å². The smallest absolute Gasteiger partial charge is 0.143 e. The summed E-state index contributed by atoms with van der Waals surface area (Å²) in [5.41, 5.74) is 1.97. The van der Waals surface area contributed by atoms with E-state index in [4.69, 9.17) is 16.8 Å². The third-order valence-corrected chi connectivity index (χ3v) is 7.98. The van der Waals surface area contributed by atoms with E-state index >= 15 is 0 Å². The van der Waals surface area contributed by atoms with Crippen molar-refractivity contribution in [1.29, 1.82) is 0 Å². The molecule has 0 radical (unpaired) electrons. The second-order valence-corrected chi connectivity index (χ2v) is 10.3. The number of furan rings is 1. The first-order chi connectivity index (χ1) is 26.7. The quantitative estimate of drug-likeness (QED) is 0.196. The van der Waals surface area contributed by atoms with Gasteiger partial charge in [0.25, 0.3) is 0 Å². The van der Waals surface area contributed by atoms with Gasteiger partial charge < -0.3 is 4.42 Å². The molecule has 200 valence electrons. The predicted octanol–water partition coefficient (Wildman–Crippen LogP) is 12.0. The fourth-order valence-corrected chi connectivity index (χ4v) is 6.12. The number of hydrogen-bond acceptors (Lipinski definition) is 1. The zero-order valence-electron chi connectivity index (χ0n) is 35.4. The molecule has 0 aliphatic rings. The Bertz CT molecular complexity index is 3130. The van der Waals surface area contributed by atoms with Crippen LogP contribution in [-0.2, 0) is 0 Å². The average molecular weight is 560 g/mol. The highest BCUT2D eigenvalue weighted by Gasteiger charge is 2.21. The molecule has 8 aromatic carbocycles. The summed E-state index contributed by atoms with van der Waals surface area (Å²) < 4.78 is 122. The lowest BCUT2D eigenvalue weighted by Crippen LogP contribution is -1.90. The van der Waals surface area contributed by atoms with E-state index in [1.54, 1.807) is 12.1 Å². The van der Waals surface area contributed by atoms with Gasteiger partial charge >= 0.3 is 0 Å². The van der Waals surface area contributed by atoms with Gasteiger partial charge in [-0.1, -0.05) is 151 Å². The van der Waals surface area contributed by atoms with Gasteiger partial charge in [-0.25, -0.2) is 0 Å². The standard InChI is InChI=1S/C42H26O/c1-2-13-28(14-3-1)39-32-16-6-8-18-34(32)40(35-19-9-7-17-33(35)39)38-23-11-22-37-36-21-10-20-31(41(36)43-42(37)38)30-25-24-27-12-4-5-15-29(27)26-30/h1-26H/i1D,2D,3D,6D,7D,8D,9D,13D,14D,16D,17D,18D,19D. The molecule has 0 bridgehead atoms. The van der Waals surface area contributed by atoms with Crippen molar-refractivity contribution in [1.82, 2.24) is 0 Å². The highest BCUT2D eigenvalue weighted by atomic mass is 16.3. The van der Waals surface area contributed by atoms with Crippen LogP contribution in [0.1, 0.15) is 17.8 Å². The van der Waals surface area contributed by atoms with Crippen molar-refractivity contribution in [3.8, 4) is 33.4 Å². The second kappa shape index (κ2) is 9.44. The van der Waals surface area contributed by atoms with Gasteiger partial charge in [0.2, 0.25) is 0 Å². The molecule has 0 atom stereocenters. The van der Waals surface area contributed by atoms with E-state index < -0.39 is 84.1 Å². The molecule has 0 unspecified atom stereocenters. The normalized spacial score (nSPS) is 16.0. The highest BCUT2D eigenvalue weighted by Crippen LogP contribution is 2.47. The lowest BCUT2D eigenvalue weighted by Gasteiger charge is -2.17. The van der Waals surface area contributed by atoms with Crippen molar-refractivity contribution >= 4 is 54.3 Å². The summed E-state index contributed by atoms with van der Waals surface area (Å²) in [6, 6.07) is 16.5. The molecule has 0 fully saturated rings. The Morgan fingerprint density at radius 3 is 1.63 bits per heavy atom. The minimum atomic E-state index is -0.720. The molecule has 1 heteroatoms.